The Morgan fingerprint density at radius 2 is 1.57 bits per heavy atom. The molecular formula is C29H33F7N6O2. The Hall–Kier alpha value is -3.11. The van der Waals surface area contributed by atoms with Crippen molar-refractivity contribution in [3.8, 4) is 0 Å². The Kier molecular flexibility index (Phi) is 9.61. The minimum Gasteiger partial charge on any atom is -0.349 e. The summed E-state index contributed by atoms with van der Waals surface area (Å²) in [4.78, 5) is 6.51. The van der Waals surface area contributed by atoms with E-state index in [0.29, 0.717) is 43.0 Å². The smallest absolute Gasteiger partial charge is 0.349 e. The molecule has 44 heavy (non-hydrogen) atoms. The maximum Gasteiger partial charge on any atom is 0.416 e. The lowest BCUT2D eigenvalue weighted by Crippen LogP contribution is -2.46. The molecule has 2 aliphatic rings. The summed E-state index contributed by atoms with van der Waals surface area (Å²) in [6.07, 6.45) is -12.3. The second-order valence-corrected chi connectivity index (χ2v) is 11.1. The Bertz CT molecular complexity index is 1360. The molecule has 2 saturated heterocycles. The van der Waals surface area contributed by atoms with Gasteiger partial charge in [0.2, 0.25) is 0 Å². The van der Waals surface area contributed by atoms with Crippen LogP contribution in [-0.4, -0.2) is 82.8 Å². The summed E-state index contributed by atoms with van der Waals surface area (Å²) in [5, 5.41) is 11.3. The van der Waals surface area contributed by atoms with Gasteiger partial charge in [0, 0.05) is 45.8 Å². The predicted molar refractivity (Wildman–Crippen MR) is 144 cm³/mol. The van der Waals surface area contributed by atoms with Crippen LogP contribution >= 0.6 is 0 Å². The first kappa shape index (κ1) is 32.3. The van der Waals surface area contributed by atoms with Gasteiger partial charge in [-0.3, -0.25) is 14.9 Å². The Morgan fingerprint density at radius 3 is 2.18 bits per heavy atom. The molecule has 3 atom stereocenters. The van der Waals surface area contributed by atoms with Gasteiger partial charge in [-0.05, 0) is 55.4 Å². The van der Waals surface area contributed by atoms with E-state index in [-0.39, 0.29) is 18.2 Å². The van der Waals surface area contributed by atoms with Crippen molar-refractivity contribution in [1.29, 1.82) is 0 Å². The van der Waals surface area contributed by atoms with Crippen molar-refractivity contribution in [3.05, 3.63) is 81.9 Å². The first-order valence-electron chi connectivity index (χ1n) is 14.1. The van der Waals surface area contributed by atoms with Crippen molar-refractivity contribution >= 4 is 0 Å². The summed E-state index contributed by atoms with van der Waals surface area (Å²) in [5.41, 5.74) is -1.08. The van der Waals surface area contributed by atoms with Crippen molar-refractivity contribution in [2.24, 2.45) is 0 Å². The van der Waals surface area contributed by atoms with Crippen LogP contribution in [-0.2, 0) is 34.9 Å². The summed E-state index contributed by atoms with van der Waals surface area (Å²) < 4.78 is 107. The normalized spacial score (nSPS) is 21.9. The number of halogens is 7. The van der Waals surface area contributed by atoms with Gasteiger partial charge in [-0.1, -0.05) is 17.3 Å². The lowest BCUT2D eigenvalue weighted by molar-refractivity contribution is -0.231. The number of likely N-dealkylation sites (N-methyl/N-ethyl adjacent to an activating group) is 1. The number of alkyl halides is 6. The molecule has 0 saturated carbocycles. The SMILES string of the molecule is C[C@@H](O[C@H]1OCCN(Cc2nn[nH]c2CN2CCN(C)CC2)[C@H]1c1ccc(F)cc1)c1cc(C(F)(F)F)cc(C(F)(F)F)c1. The third kappa shape index (κ3) is 7.75. The number of hydrogen-bond donors (Lipinski definition) is 1. The Balaban J connectivity index is 1.41. The number of nitrogens with one attached hydrogen (secondary N) is 1. The fourth-order valence-electron chi connectivity index (χ4n) is 5.45. The molecule has 2 aliphatic heterocycles. The number of aromatic amines is 1. The number of benzene rings is 2. The van der Waals surface area contributed by atoms with Crippen molar-refractivity contribution in [2.75, 3.05) is 46.4 Å². The molecule has 2 fully saturated rings. The molecule has 1 N–H and O–H groups in total. The Morgan fingerprint density at radius 1 is 0.932 bits per heavy atom. The number of H-pyrrole nitrogens is 1. The fraction of sp³-hybridized carbons (Fsp3) is 0.517. The van der Waals surface area contributed by atoms with Gasteiger partial charge in [-0.25, -0.2) is 4.39 Å². The number of rotatable bonds is 8. The first-order valence-corrected chi connectivity index (χ1v) is 14.1. The molecule has 1 aromatic heterocycles. The molecule has 15 heteroatoms. The van der Waals surface area contributed by atoms with Crippen LogP contribution in [0.3, 0.4) is 0 Å². The minimum atomic E-state index is -5.00. The van der Waals surface area contributed by atoms with Gasteiger partial charge in [0.05, 0.1) is 35.6 Å². The number of ether oxygens (including phenoxy) is 2. The van der Waals surface area contributed by atoms with E-state index in [4.69, 9.17) is 9.47 Å². The van der Waals surface area contributed by atoms with E-state index >= 15 is 0 Å². The van der Waals surface area contributed by atoms with Gasteiger partial charge in [-0.15, -0.1) is 5.10 Å². The fourth-order valence-corrected chi connectivity index (χ4v) is 5.45. The molecule has 0 unspecified atom stereocenters. The van der Waals surface area contributed by atoms with E-state index in [2.05, 4.69) is 32.3 Å². The van der Waals surface area contributed by atoms with Gasteiger partial charge in [-0.2, -0.15) is 26.3 Å². The van der Waals surface area contributed by atoms with Gasteiger partial charge in [0.15, 0.2) is 6.29 Å². The van der Waals surface area contributed by atoms with Crippen LogP contribution in [0.4, 0.5) is 30.7 Å². The standard InChI is InChI=1S/C29H33F7N6O2/c1-18(20-13-21(28(31,32)33)15-22(14-20)29(34,35)36)44-27-26(19-3-5-23(30)6-4-19)42(11-12-43-27)17-25-24(37-39-38-25)16-41-9-7-40(2)8-10-41/h3-6,13-15,18,26-27H,7-12,16-17H2,1-2H3,(H,37,38,39)/t18-,26+,27-/m1/s1. The van der Waals surface area contributed by atoms with E-state index in [0.717, 1.165) is 31.9 Å². The molecule has 0 aliphatic carbocycles. The second kappa shape index (κ2) is 13.1. The third-order valence-electron chi connectivity index (χ3n) is 7.98. The van der Waals surface area contributed by atoms with Crippen LogP contribution in [0.5, 0.6) is 0 Å². The maximum atomic E-state index is 13.9. The molecule has 0 spiro atoms. The summed E-state index contributed by atoms with van der Waals surface area (Å²) in [6.45, 7) is 6.45. The highest BCUT2D eigenvalue weighted by Crippen LogP contribution is 2.40. The molecular weight excluding hydrogens is 597 g/mol. The zero-order chi connectivity index (χ0) is 31.6. The monoisotopic (exact) mass is 630 g/mol. The van der Waals surface area contributed by atoms with Crippen LogP contribution in [0, 0.1) is 5.82 Å². The molecule has 240 valence electrons. The largest absolute Gasteiger partial charge is 0.416 e. The van der Waals surface area contributed by atoms with Crippen LogP contribution < -0.4 is 0 Å². The quantitative estimate of drug-likeness (QED) is 0.334. The van der Waals surface area contributed by atoms with E-state index in [1.54, 1.807) is 12.1 Å². The highest BCUT2D eigenvalue weighted by atomic mass is 19.4. The summed E-state index contributed by atoms with van der Waals surface area (Å²) in [5.74, 6) is -0.475. The Labute approximate surface area is 249 Å². The molecule has 2 aromatic carbocycles. The van der Waals surface area contributed by atoms with Crippen molar-refractivity contribution in [3.63, 3.8) is 0 Å². The van der Waals surface area contributed by atoms with Crippen LogP contribution in [0.1, 0.15) is 52.7 Å². The average Bonchev–Trinajstić information content (AvgIpc) is 3.40. The number of hydrogen-bond acceptors (Lipinski definition) is 7. The zero-order valence-corrected chi connectivity index (χ0v) is 24.1. The van der Waals surface area contributed by atoms with E-state index in [9.17, 15) is 30.7 Å². The van der Waals surface area contributed by atoms with Crippen LogP contribution in [0.15, 0.2) is 42.5 Å². The molecule has 3 heterocycles. The van der Waals surface area contributed by atoms with Gasteiger partial charge in [0.1, 0.15) is 11.5 Å². The van der Waals surface area contributed by atoms with Crippen molar-refractivity contribution < 1.29 is 40.2 Å². The third-order valence-corrected chi connectivity index (χ3v) is 7.98. The molecule has 0 radical (unpaired) electrons. The summed E-state index contributed by atoms with van der Waals surface area (Å²) in [7, 11) is 2.07. The zero-order valence-electron chi connectivity index (χ0n) is 24.1. The van der Waals surface area contributed by atoms with E-state index < -0.39 is 47.7 Å². The van der Waals surface area contributed by atoms with Crippen molar-refractivity contribution in [2.45, 2.75) is 50.8 Å². The highest BCUT2D eigenvalue weighted by molar-refractivity contribution is 5.35. The lowest BCUT2D eigenvalue weighted by Gasteiger charge is -2.42. The first-order chi connectivity index (χ1) is 20.8. The number of nitrogens with zero attached hydrogens (tertiary/aromatic N) is 5. The topological polar surface area (TPSA) is 69.8 Å². The summed E-state index contributed by atoms with van der Waals surface area (Å²) in [6, 6.07) is 6.30. The van der Waals surface area contributed by atoms with Crippen LogP contribution in [0.25, 0.3) is 0 Å². The average molecular weight is 631 g/mol. The number of piperazine rings is 1. The van der Waals surface area contributed by atoms with Gasteiger partial charge in [0.25, 0.3) is 0 Å². The van der Waals surface area contributed by atoms with E-state index in [1.165, 1.54) is 19.1 Å². The summed E-state index contributed by atoms with van der Waals surface area (Å²) >= 11 is 0. The lowest BCUT2D eigenvalue weighted by atomic mass is 10.0. The van der Waals surface area contributed by atoms with Gasteiger partial charge >= 0.3 is 12.4 Å². The molecule has 3 aromatic rings. The minimum absolute atomic E-state index is 0.0774. The van der Waals surface area contributed by atoms with Gasteiger partial charge < -0.3 is 14.4 Å². The molecule has 0 amide bonds. The maximum absolute atomic E-state index is 13.9. The van der Waals surface area contributed by atoms with Crippen LogP contribution in [0.2, 0.25) is 0 Å². The molecule has 5 rings (SSSR count). The number of aromatic nitrogens is 3. The number of morpholine rings is 1. The van der Waals surface area contributed by atoms with Crippen molar-refractivity contribution in [1.82, 2.24) is 30.1 Å². The highest BCUT2D eigenvalue weighted by Gasteiger charge is 2.39. The molecule has 0 bridgehead atoms. The molecule has 8 nitrogen and oxygen atoms in total. The van der Waals surface area contributed by atoms with E-state index in [1.807, 2.05) is 4.90 Å². The predicted octanol–water partition coefficient (Wildman–Crippen LogP) is 5.41. The second-order valence-electron chi connectivity index (χ2n) is 11.1.